The van der Waals surface area contributed by atoms with E-state index in [4.69, 9.17) is 0 Å². The number of likely N-dealkylation sites (tertiary alicyclic amines) is 1. The molecule has 0 saturated carbocycles. The van der Waals surface area contributed by atoms with Crippen LogP contribution in [0.25, 0.3) is 0 Å². The van der Waals surface area contributed by atoms with Crippen LogP contribution in [0.2, 0.25) is 0 Å². The van der Waals surface area contributed by atoms with Gasteiger partial charge >= 0.3 is 0 Å². The number of thioether (sulfide) groups is 1. The predicted molar refractivity (Wildman–Crippen MR) is 77.7 cm³/mol. The fourth-order valence-electron chi connectivity index (χ4n) is 3.01. The molecule has 2 fully saturated rings. The average molecular weight is 271 g/mol. The van der Waals surface area contributed by atoms with Crippen molar-refractivity contribution < 1.29 is 5.11 Å². The predicted octanol–water partition coefficient (Wildman–Crippen LogP) is 1.96. The van der Waals surface area contributed by atoms with Gasteiger partial charge in [0.25, 0.3) is 0 Å². The molecule has 0 aromatic heterocycles. The Bertz CT molecular complexity index is 214. The lowest BCUT2D eigenvalue weighted by atomic mass is 9.94. The van der Waals surface area contributed by atoms with E-state index in [0.29, 0.717) is 0 Å². The van der Waals surface area contributed by atoms with Crippen LogP contribution in [0.5, 0.6) is 0 Å². The standard InChI is InChI=1S/C14H27N2OS/c17-11-4-14-2-7-15(8-3-14)5-1-6-16-9-12-18-13-10-16/h14H,1-13H2. The number of rotatable bonds is 6. The van der Waals surface area contributed by atoms with Crippen molar-refractivity contribution in [3.63, 3.8) is 0 Å². The number of nitrogens with zero attached hydrogens (tertiary/aromatic N) is 2. The van der Waals surface area contributed by atoms with E-state index < -0.39 is 0 Å². The molecule has 0 N–H and O–H groups in total. The third-order valence-corrected chi connectivity index (χ3v) is 5.23. The molecule has 105 valence electrons. The van der Waals surface area contributed by atoms with E-state index in [0.717, 1.165) is 12.3 Å². The van der Waals surface area contributed by atoms with Gasteiger partial charge in [-0.05, 0) is 57.8 Å². The summed E-state index contributed by atoms with van der Waals surface area (Å²) < 4.78 is 0. The van der Waals surface area contributed by atoms with Gasteiger partial charge in [0.2, 0.25) is 0 Å². The van der Waals surface area contributed by atoms with Crippen molar-refractivity contribution in [3.05, 3.63) is 0 Å². The van der Waals surface area contributed by atoms with Crippen molar-refractivity contribution in [1.29, 1.82) is 0 Å². The van der Waals surface area contributed by atoms with E-state index in [-0.39, 0.29) is 6.61 Å². The minimum absolute atomic E-state index is 0.123. The molecular formula is C14H27N2OS. The van der Waals surface area contributed by atoms with Gasteiger partial charge in [0.1, 0.15) is 0 Å². The van der Waals surface area contributed by atoms with E-state index >= 15 is 0 Å². The summed E-state index contributed by atoms with van der Waals surface area (Å²) in [5, 5.41) is 10.6. The highest BCUT2D eigenvalue weighted by atomic mass is 32.2. The second-order valence-electron chi connectivity index (χ2n) is 5.59. The lowest BCUT2D eigenvalue weighted by molar-refractivity contribution is 0.127. The van der Waals surface area contributed by atoms with Gasteiger partial charge < -0.3 is 9.80 Å². The smallest absolute Gasteiger partial charge is 0.0825 e. The Morgan fingerprint density at radius 3 is 2.17 bits per heavy atom. The molecule has 0 amide bonds. The first-order valence-electron chi connectivity index (χ1n) is 7.49. The molecule has 1 radical (unpaired) electrons. The molecule has 2 rings (SSSR count). The molecule has 2 saturated heterocycles. The summed E-state index contributed by atoms with van der Waals surface area (Å²) in [6, 6.07) is 0. The fourth-order valence-corrected chi connectivity index (χ4v) is 3.99. The molecule has 0 aliphatic carbocycles. The normalized spacial score (nSPS) is 24.5. The molecule has 0 aromatic carbocycles. The van der Waals surface area contributed by atoms with Gasteiger partial charge in [-0.15, -0.1) is 0 Å². The van der Waals surface area contributed by atoms with Crippen LogP contribution in [-0.2, 0) is 5.11 Å². The SMILES string of the molecule is [O]CCC1CCN(CCCN2CCSCC2)CC1. The van der Waals surface area contributed by atoms with Crippen molar-refractivity contribution in [2.75, 3.05) is 57.4 Å². The maximum Gasteiger partial charge on any atom is 0.0825 e. The van der Waals surface area contributed by atoms with Gasteiger partial charge in [-0.3, -0.25) is 0 Å². The Hall–Kier alpha value is 0.230. The van der Waals surface area contributed by atoms with Crippen LogP contribution >= 0.6 is 11.8 Å². The lowest BCUT2D eigenvalue weighted by Crippen LogP contribution is -2.38. The van der Waals surface area contributed by atoms with Crippen LogP contribution < -0.4 is 0 Å². The van der Waals surface area contributed by atoms with Crippen molar-refractivity contribution in [1.82, 2.24) is 9.80 Å². The molecule has 4 heteroatoms. The van der Waals surface area contributed by atoms with Crippen LogP contribution in [0.1, 0.15) is 25.7 Å². The molecule has 2 aliphatic rings. The molecule has 0 spiro atoms. The van der Waals surface area contributed by atoms with Gasteiger partial charge in [0.15, 0.2) is 0 Å². The molecule has 0 unspecified atom stereocenters. The second kappa shape index (κ2) is 8.41. The van der Waals surface area contributed by atoms with E-state index in [1.165, 1.54) is 70.0 Å². The van der Waals surface area contributed by atoms with Crippen LogP contribution in [0.15, 0.2) is 0 Å². The zero-order chi connectivity index (χ0) is 12.6. The summed E-state index contributed by atoms with van der Waals surface area (Å²) in [6.45, 7) is 7.68. The quantitative estimate of drug-likeness (QED) is 0.739. The van der Waals surface area contributed by atoms with Crippen LogP contribution in [-0.4, -0.2) is 67.2 Å². The maximum absolute atomic E-state index is 10.6. The molecule has 0 bridgehead atoms. The third kappa shape index (κ3) is 5.08. The first-order chi connectivity index (χ1) is 8.88. The summed E-state index contributed by atoms with van der Waals surface area (Å²) in [7, 11) is 0. The second-order valence-corrected chi connectivity index (χ2v) is 6.81. The Kier molecular flexibility index (Phi) is 6.84. The fraction of sp³-hybridized carbons (Fsp3) is 1.00. The topological polar surface area (TPSA) is 26.4 Å². The zero-order valence-electron chi connectivity index (χ0n) is 11.5. The minimum Gasteiger partial charge on any atom is -0.303 e. The van der Waals surface area contributed by atoms with Crippen LogP contribution in [0, 0.1) is 5.92 Å². The summed E-state index contributed by atoms with van der Waals surface area (Å²) >= 11 is 2.09. The average Bonchev–Trinajstić information content (AvgIpc) is 2.42. The molecular weight excluding hydrogens is 244 g/mol. The molecule has 2 heterocycles. The number of hydrogen-bond acceptors (Lipinski definition) is 3. The van der Waals surface area contributed by atoms with Gasteiger partial charge in [-0.2, -0.15) is 11.8 Å². The highest BCUT2D eigenvalue weighted by molar-refractivity contribution is 7.99. The van der Waals surface area contributed by atoms with Crippen LogP contribution in [0.4, 0.5) is 0 Å². The Morgan fingerprint density at radius 1 is 0.944 bits per heavy atom. The Morgan fingerprint density at radius 2 is 1.56 bits per heavy atom. The van der Waals surface area contributed by atoms with E-state index in [1.807, 2.05) is 0 Å². The van der Waals surface area contributed by atoms with Crippen molar-refractivity contribution >= 4 is 11.8 Å². The van der Waals surface area contributed by atoms with Gasteiger partial charge in [0.05, 0.1) is 6.61 Å². The van der Waals surface area contributed by atoms with E-state index in [2.05, 4.69) is 21.6 Å². The van der Waals surface area contributed by atoms with Crippen molar-refractivity contribution in [2.45, 2.75) is 25.7 Å². The number of piperidine rings is 1. The molecule has 3 nitrogen and oxygen atoms in total. The van der Waals surface area contributed by atoms with Gasteiger partial charge in [-0.1, -0.05) is 0 Å². The first kappa shape index (κ1) is 14.6. The van der Waals surface area contributed by atoms with Crippen molar-refractivity contribution in [2.24, 2.45) is 5.92 Å². The molecule has 0 aromatic rings. The largest absolute Gasteiger partial charge is 0.303 e. The Labute approximate surface area is 116 Å². The van der Waals surface area contributed by atoms with E-state index in [1.54, 1.807) is 0 Å². The van der Waals surface area contributed by atoms with Gasteiger partial charge in [-0.25, -0.2) is 5.11 Å². The van der Waals surface area contributed by atoms with Crippen LogP contribution in [0.3, 0.4) is 0 Å². The summed E-state index contributed by atoms with van der Waals surface area (Å²) in [5.74, 6) is 3.36. The first-order valence-corrected chi connectivity index (χ1v) is 8.64. The third-order valence-electron chi connectivity index (χ3n) is 4.29. The van der Waals surface area contributed by atoms with E-state index in [9.17, 15) is 5.11 Å². The molecule has 2 aliphatic heterocycles. The Balaban J connectivity index is 1.52. The highest BCUT2D eigenvalue weighted by Crippen LogP contribution is 2.20. The molecule has 18 heavy (non-hydrogen) atoms. The maximum atomic E-state index is 10.6. The monoisotopic (exact) mass is 271 g/mol. The highest BCUT2D eigenvalue weighted by Gasteiger charge is 2.18. The molecule has 0 atom stereocenters. The van der Waals surface area contributed by atoms with Gasteiger partial charge in [0, 0.05) is 24.6 Å². The summed E-state index contributed by atoms with van der Waals surface area (Å²) in [6.07, 6.45) is 4.72. The lowest BCUT2D eigenvalue weighted by Gasteiger charge is -2.32. The minimum atomic E-state index is 0.123. The zero-order valence-corrected chi connectivity index (χ0v) is 12.3. The number of hydrogen-bond donors (Lipinski definition) is 0. The summed E-state index contributed by atoms with van der Waals surface area (Å²) in [4.78, 5) is 5.21. The summed E-state index contributed by atoms with van der Waals surface area (Å²) in [5.41, 5.74) is 0. The van der Waals surface area contributed by atoms with Crippen molar-refractivity contribution in [3.8, 4) is 0 Å².